The second-order valence-corrected chi connectivity index (χ2v) is 8.77. The normalized spacial score (nSPS) is 38.0. The number of fused-ring (bicyclic) bond motifs is 9. The SMILES string of the molecule is CC(=O)O[C@@H]1C[C@H]2CC/C(C)=C/CC/C(C)=C/CC[C@]1(C)OC2(C)C. The molecule has 3 aliphatic rings. The molecular formula is C22H36O3. The summed E-state index contributed by atoms with van der Waals surface area (Å²) in [4.78, 5) is 11.7. The van der Waals surface area contributed by atoms with Crippen LogP contribution in [0.25, 0.3) is 0 Å². The van der Waals surface area contributed by atoms with Gasteiger partial charge in [-0.1, -0.05) is 23.3 Å². The standard InChI is InChI=1S/C22H36O3/c1-16-9-7-10-17(2)12-13-19-15-20(24-18(3)23)22(6,14-8-11-16)25-21(19,4)5/h10-11,19-20H,7-9,12-15H2,1-6H3/b16-11+,17-10+/t19-,20-,22+/m1/s1. The summed E-state index contributed by atoms with van der Waals surface area (Å²) in [5, 5.41) is 0. The molecule has 3 nitrogen and oxygen atoms in total. The van der Waals surface area contributed by atoms with Crippen molar-refractivity contribution in [3.05, 3.63) is 23.3 Å². The van der Waals surface area contributed by atoms with Crippen LogP contribution in [0.5, 0.6) is 0 Å². The number of carbonyl (C=O) groups excluding carboxylic acids is 1. The molecule has 0 aromatic carbocycles. The number of hydrogen-bond acceptors (Lipinski definition) is 3. The molecule has 1 fully saturated rings. The molecule has 3 atom stereocenters. The summed E-state index contributed by atoms with van der Waals surface area (Å²) < 4.78 is 12.4. The Kier molecular flexibility index (Phi) is 6.53. The van der Waals surface area contributed by atoms with Gasteiger partial charge in [-0.25, -0.2) is 0 Å². The van der Waals surface area contributed by atoms with Crippen LogP contribution in [0.4, 0.5) is 0 Å². The molecular weight excluding hydrogens is 312 g/mol. The van der Waals surface area contributed by atoms with Crippen molar-refractivity contribution in [2.75, 3.05) is 0 Å². The first-order chi connectivity index (χ1) is 11.6. The first-order valence-electron chi connectivity index (χ1n) is 9.81. The van der Waals surface area contributed by atoms with Gasteiger partial charge < -0.3 is 9.47 Å². The van der Waals surface area contributed by atoms with Gasteiger partial charge in [0.25, 0.3) is 0 Å². The highest BCUT2D eigenvalue weighted by atomic mass is 16.6. The Labute approximate surface area is 153 Å². The van der Waals surface area contributed by atoms with E-state index in [4.69, 9.17) is 9.47 Å². The van der Waals surface area contributed by atoms with Gasteiger partial charge in [0.15, 0.2) is 0 Å². The van der Waals surface area contributed by atoms with E-state index < -0.39 is 5.60 Å². The fraction of sp³-hybridized carbons (Fsp3) is 0.773. The van der Waals surface area contributed by atoms with Gasteiger partial charge in [0.05, 0.1) is 5.60 Å². The van der Waals surface area contributed by atoms with Gasteiger partial charge >= 0.3 is 5.97 Å². The topological polar surface area (TPSA) is 35.5 Å². The van der Waals surface area contributed by atoms with Crippen molar-refractivity contribution in [3.8, 4) is 0 Å². The highest BCUT2D eigenvalue weighted by Crippen LogP contribution is 2.45. The summed E-state index contributed by atoms with van der Waals surface area (Å²) in [5.74, 6) is 0.190. The quantitative estimate of drug-likeness (QED) is 0.448. The van der Waals surface area contributed by atoms with Gasteiger partial charge in [-0.3, -0.25) is 4.79 Å². The Balaban J connectivity index is 2.31. The minimum Gasteiger partial charge on any atom is -0.459 e. The molecule has 0 spiro atoms. The van der Waals surface area contributed by atoms with Crippen LogP contribution >= 0.6 is 0 Å². The summed E-state index contributed by atoms with van der Waals surface area (Å²) in [5.41, 5.74) is 2.27. The Morgan fingerprint density at radius 2 is 1.76 bits per heavy atom. The van der Waals surface area contributed by atoms with Crippen molar-refractivity contribution in [3.63, 3.8) is 0 Å². The van der Waals surface area contributed by atoms with E-state index in [1.807, 2.05) is 0 Å². The number of ether oxygens (including phenoxy) is 2. The van der Waals surface area contributed by atoms with Crippen LogP contribution in [0.1, 0.15) is 86.5 Å². The highest BCUT2D eigenvalue weighted by Gasteiger charge is 2.50. The molecule has 0 amide bonds. The van der Waals surface area contributed by atoms with Gasteiger partial charge in [-0.2, -0.15) is 0 Å². The van der Waals surface area contributed by atoms with Crippen molar-refractivity contribution >= 4 is 5.97 Å². The van der Waals surface area contributed by atoms with E-state index in [9.17, 15) is 4.79 Å². The average molecular weight is 349 g/mol. The van der Waals surface area contributed by atoms with Crippen LogP contribution in [0.15, 0.2) is 23.3 Å². The lowest BCUT2D eigenvalue weighted by molar-refractivity contribution is -0.250. The van der Waals surface area contributed by atoms with E-state index in [2.05, 4.69) is 46.8 Å². The van der Waals surface area contributed by atoms with Gasteiger partial charge in [0, 0.05) is 6.92 Å². The number of esters is 1. The second-order valence-electron chi connectivity index (χ2n) is 8.77. The van der Waals surface area contributed by atoms with Crippen molar-refractivity contribution < 1.29 is 14.3 Å². The first kappa shape index (κ1) is 20.2. The van der Waals surface area contributed by atoms with E-state index in [0.29, 0.717) is 5.92 Å². The molecule has 0 aromatic rings. The van der Waals surface area contributed by atoms with E-state index in [0.717, 1.165) is 44.9 Å². The molecule has 3 heteroatoms. The molecule has 3 rings (SSSR count). The zero-order valence-corrected chi connectivity index (χ0v) is 17.0. The lowest BCUT2D eigenvalue weighted by Crippen LogP contribution is -2.58. The summed E-state index contributed by atoms with van der Waals surface area (Å²) >= 11 is 0. The van der Waals surface area contributed by atoms with Crippen LogP contribution in [-0.2, 0) is 14.3 Å². The zero-order valence-electron chi connectivity index (χ0n) is 17.0. The van der Waals surface area contributed by atoms with Crippen LogP contribution in [0.3, 0.4) is 0 Å². The summed E-state index contributed by atoms with van der Waals surface area (Å²) in [6, 6.07) is 0. The number of carbonyl (C=O) groups is 1. The molecule has 25 heavy (non-hydrogen) atoms. The van der Waals surface area contributed by atoms with Crippen LogP contribution in [0, 0.1) is 5.92 Å². The lowest BCUT2D eigenvalue weighted by Gasteiger charge is -2.52. The Bertz CT molecular complexity index is 543. The minimum atomic E-state index is -0.419. The third kappa shape index (κ3) is 5.44. The Hall–Kier alpha value is -1.09. The number of hydrogen-bond donors (Lipinski definition) is 0. The Morgan fingerprint density at radius 1 is 1.12 bits per heavy atom. The first-order valence-corrected chi connectivity index (χ1v) is 9.81. The van der Waals surface area contributed by atoms with Crippen molar-refractivity contribution in [1.29, 1.82) is 0 Å². The molecule has 2 bridgehead atoms. The predicted molar refractivity (Wildman–Crippen MR) is 102 cm³/mol. The molecule has 1 saturated heterocycles. The summed E-state index contributed by atoms with van der Waals surface area (Å²) in [6.07, 6.45) is 11.7. The molecule has 0 unspecified atom stereocenters. The predicted octanol–water partition coefficient (Wildman–Crippen LogP) is 5.74. The van der Waals surface area contributed by atoms with Crippen LogP contribution in [0.2, 0.25) is 0 Å². The molecule has 0 aromatic heterocycles. The zero-order chi connectivity index (χ0) is 18.7. The smallest absolute Gasteiger partial charge is 0.303 e. The number of rotatable bonds is 1. The molecule has 1 aliphatic carbocycles. The largest absolute Gasteiger partial charge is 0.459 e. The monoisotopic (exact) mass is 348 g/mol. The van der Waals surface area contributed by atoms with E-state index >= 15 is 0 Å². The third-order valence-electron chi connectivity index (χ3n) is 6.02. The van der Waals surface area contributed by atoms with E-state index in [1.165, 1.54) is 18.1 Å². The molecule has 0 N–H and O–H groups in total. The van der Waals surface area contributed by atoms with Crippen LogP contribution in [-0.4, -0.2) is 23.3 Å². The van der Waals surface area contributed by atoms with Crippen LogP contribution < -0.4 is 0 Å². The van der Waals surface area contributed by atoms with E-state index in [-0.39, 0.29) is 17.7 Å². The maximum absolute atomic E-state index is 11.7. The third-order valence-corrected chi connectivity index (χ3v) is 6.02. The summed E-state index contributed by atoms with van der Waals surface area (Å²) in [6.45, 7) is 12.5. The van der Waals surface area contributed by atoms with Gasteiger partial charge in [-0.15, -0.1) is 0 Å². The second kappa shape index (κ2) is 8.07. The maximum atomic E-state index is 11.7. The average Bonchev–Trinajstić information content (AvgIpc) is 2.47. The van der Waals surface area contributed by atoms with Gasteiger partial charge in [-0.05, 0) is 85.5 Å². The molecule has 2 heterocycles. The lowest BCUT2D eigenvalue weighted by atomic mass is 9.73. The van der Waals surface area contributed by atoms with Gasteiger partial charge in [0.2, 0.25) is 0 Å². The number of allylic oxidation sites excluding steroid dienone is 4. The van der Waals surface area contributed by atoms with Crippen molar-refractivity contribution in [2.45, 2.75) is 104 Å². The molecule has 0 radical (unpaired) electrons. The van der Waals surface area contributed by atoms with E-state index in [1.54, 1.807) is 0 Å². The highest BCUT2D eigenvalue weighted by molar-refractivity contribution is 5.66. The molecule has 142 valence electrons. The fourth-order valence-electron chi connectivity index (χ4n) is 4.35. The fourth-order valence-corrected chi connectivity index (χ4v) is 4.35. The maximum Gasteiger partial charge on any atom is 0.303 e. The van der Waals surface area contributed by atoms with Gasteiger partial charge in [0.1, 0.15) is 11.7 Å². The van der Waals surface area contributed by atoms with Crippen molar-refractivity contribution in [2.24, 2.45) is 5.92 Å². The summed E-state index contributed by atoms with van der Waals surface area (Å²) in [7, 11) is 0. The minimum absolute atomic E-state index is 0.163. The van der Waals surface area contributed by atoms with Crippen molar-refractivity contribution in [1.82, 2.24) is 0 Å². The molecule has 2 aliphatic heterocycles. The Morgan fingerprint density at radius 3 is 2.44 bits per heavy atom. The molecule has 0 saturated carbocycles.